The maximum absolute atomic E-state index is 15.1. The number of nitrogens with one attached hydrogen (secondary N) is 2. The van der Waals surface area contributed by atoms with Crippen molar-refractivity contribution in [3.05, 3.63) is 46.4 Å². The minimum Gasteiger partial charge on any atom is -0.480 e. The molecular weight excluding hydrogens is 482 g/mol. The van der Waals surface area contributed by atoms with Crippen molar-refractivity contribution in [1.29, 1.82) is 0 Å². The third-order valence-electron chi connectivity index (χ3n) is 5.59. The molecule has 1 aliphatic rings. The highest BCUT2D eigenvalue weighted by Gasteiger charge is 2.39. The Morgan fingerprint density at radius 3 is 2.71 bits per heavy atom. The Hall–Kier alpha value is -3.12. The van der Waals surface area contributed by atoms with Crippen LogP contribution in [0.25, 0.3) is 11.3 Å². The van der Waals surface area contributed by atoms with Crippen molar-refractivity contribution >= 4 is 23.2 Å². The van der Waals surface area contributed by atoms with E-state index < -0.39 is 40.9 Å². The molecule has 1 aromatic carbocycles. The van der Waals surface area contributed by atoms with Crippen molar-refractivity contribution in [2.75, 3.05) is 5.32 Å². The van der Waals surface area contributed by atoms with Gasteiger partial charge in [-0.05, 0) is 32.9 Å². The number of aryl methyl sites for hydroxylation is 2. The minimum absolute atomic E-state index is 0.00588. The predicted molar refractivity (Wildman–Crippen MR) is 114 cm³/mol. The van der Waals surface area contributed by atoms with E-state index in [2.05, 4.69) is 20.5 Å². The largest absolute Gasteiger partial charge is 0.480 e. The lowest BCUT2D eigenvalue weighted by Gasteiger charge is -2.20. The molecule has 34 heavy (non-hydrogen) atoms. The average molecular weight is 502 g/mol. The average Bonchev–Trinajstić information content (AvgIpc) is 3.39. The lowest BCUT2D eigenvalue weighted by Crippen LogP contribution is -2.32. The van der Waals surface area contributed by atoms with Crippen LogP contribution < -0.4 is 10.1 Å². The number of aliphatic hydroxyl groups is 1. The van der Waals surface area contributed by atoms with Crippen LogP contribution in [-0.2, 0) is 12.1 Å². The molecule has 3 aromatic rings. The molecule has 13 heteroatoms. The lowest BCUT2D eigenvalue weighted by molar-refractivity contribution is -0.189. The second-order valence-corrected chi connectivity index (χ2v) is 8.63. The fourth-order valence-electron chi connectivity index (χ4n) is 3.61. The van der Waals surface area contributed by atoms with E-state index in [1.54, 1.807) is 11.5 Å². The number of aromatic nitrogens is 4. The Morgan fingerprint density at radius 1 is 1.41 bits per heavy atom. The van der Waals surface area contributed by atoms with Gasteiger partial charge in [-0.2, -0.15) is 18.3 Å². The molecule has 2 aromatic heterocycles. The number of carbonyl (C=O) groups is 1. The first kappa shape index (κ1) is 24.0. The highest BCUT2D eigenvalue weighted by atomic mass is 35.5. The van der Waals surface area contributed by atoms with Gasteiger partial charge in [-0.15, -0.1) is 0 Å². The van der Waals surface area contributed by atoms with E-state index in [4.69, 9.17) is 16.3 Å². The van der Waals surface area contributed by atoms with Gasteiger partial charge >= 0.3 is 6.18 Å². The number of hydrogen-bond donors (Lipinski definition) is 3. The van der Waals surface area contributed by atoms with Gasteiger partial charge in [-0.25, -0.2) is 9.37 Å². The van der Waals surface area contributed by atoms with Crippen LogP contribution in [0.5, 0.6) is 5.75 Å². The van der Waals surface area contributed by atoms with Crippen LogP contribution in [0.1, 0.15) is 42.1 Å². The topological polar surface area (TPSA) is 105 Å². The molecule has 0 radical (unpaired) electrons. The second-order valence-electron chi connectivity index (χ2n) is 8.25. The zero-order chi connectivity index (χ0) is 25.0. The standard InChI is InChI=1S/C21H20ClF4N5O3/c1-9-16(17(22)30-29-9)28-18(32)12-6-13(23)11(7-15(12)34-10(2)21(24,25)26)14-8-31-5-4-20(3,33)19(31)27-14/h6-8,10,33H,4-5H2,1-3H3,(H,28,32)(H,29,30)/t10?,20-/m0/s1. The van der Waals surface area contributed by atoms with Gasteiger partial charge in [0.15, 0.2) is 6.10 Å². The molecule has 3 heterocycles. The molecule has 1 amide bonds. The number of carbonyl (C=O) groups excluding carboxylic acids is 1. The summed E-state index contributed by atoms with van der Waals surface area (Å²) in [6, 6.07) is 1.76. The number of rotatable bonds is 5. The third kappa shape index (κ3) is 4.34. The molecule has 0 saturated heterocycles. The van der Waals surface area contributed by atoms with Gasteiger partial charge in [0, 0.05) is 24.7 Å². The summed E-state index contributed by atoms with van der Waals surface area (Å²) in [5, 5.41) is 19.1. The number of halogens is 5. The van der Waals surface area contributed by atoms with E-state index in [9.17, 15) is 23.1 Å². The maximum atomic E-state index is 15.1. The number of nitrogens with zero attached hydrogens (tertiary/aromatic N) is 3. The van der Waals surface area contributed by atoms with Crippen molar-refractivity contribution in [3.8, 4) is 17.0 Å². The number of ether oxygens (including phenoxy) is 1. The number of anilines is 1. The summed E-state index contributed by atoms with van der Waals surface area (Å²) in [7, 11) is 0. The molecule has 1 unspecified atom stereocenters. The summed E-state index contributed by atoms with van der Waals surface area (Å²) >= 11 is 5.94. The Kier molecular flexibility index (Phi) is 5.85. The number of aromatic amines is 1. The summed E-state index contributed by atoms with van der Waals surface area (Å²) in [4.78, 5) is 17.1. The van der Waals surface area contributed by atoms with E-state index >= 15 is 4.39 Å². The Morgan fingerprint density at radius 2 is 2.12 bits per heavy atom. The smallest absolute Gasteiger partial charge is 0.425 e. The SMILES string of the molecule is Cc1n[nH]c(Cl)c1NC(=O)c1cc(F)c(-c2cn3c(n2)[C@@](C)(O)CC3)cc1OC(C)C(F)(F)F. The number of imidazole rings is 1. The highest BCUT2D eigenvalue weighted by molar-refractivity contribution is 6.33. The van der Waals surface area contributed by atoms with E-state index in [0.717, 1.165) is 19.1 Å². The molecule has 0 fully saturated rings. The van der Waals surface area contributed by atoms with Crippen LogP contribution >= 0.6 is 11.6 Å². The van der Waals surface area contributed by atoms with Crippen LogP contribution in [-0.4, -0.2) is 43.0 Å². The Labute approximate surface area is 195 Å². The fraction of sp³-hybridized carbons (Fsp3) is 0.381. The summed E-state index contributed by atoms with van der Waals surface area (Å²) in [5.74, 6) is -2.06. The number of amides is 1. The summed E-state index contributed by atoms with van der Waals surface area (Å²) < 4.78 is 61.4. The molecule has 2 atom stereocenters. The van der Waals surface area contributed by atoms with E-state index in [1.807, 2.05) is 0 Å². The second kappa shape index (κ2) is 8.27. The van der Waals surface area contributed by atoms with Gasteiger partial charge in [0.25, 0.3) is 5.91 Å². The fourth-order valence-corrected chi connectivity index (χ4v) is 3.83. The monoisotopic (exact) mass is 501 g/mol. The summed E-state index contributed by atoms with van der Waals surface area (Å²) in [5.41, 5.74) is -1.39. The zero-order valence-corrected chi connectivity index (χ0v) is 19.0. The lowest BCUT2D eigenvalue weighted by atomic mass is 10.0. The molecule has 1 aliphatic heterocycles. The molecular formula is C21H20ClF4N5O3. The van der Waals surface area contributed by atoms with Gasteiger partial charge in [0.05, 0.1) is 17.0 Å². The van der Waals surface area contributed by atoms with Gasteiger partial charge in [-0.3, -0.25) is 9.89 Å². The summed E-state index contributed by atoms with van der Waals surface area (Å²) in [6.07, 6.45) is -5.11. The normalized spacial score (nSPS) is 18.6. The maximum Gasteiger partial charge on any atom is 0.425 e. The molecule has 0 aliphatic carbocycles. The van der Waals surface area contributed by atoms with E-state index in [0.29, 0.717) is 24.5 Å². The molecule has 3 N–H and O–H groups in total. The number of H-pyrrole nitrogens is 1. The molecule has 182 valence electrons. The molecule has 0 bridgehead atoms. The molecule has 0 spiro atoms. The summed E-state index contributed by atoms with van der Waals surface area (Å²) in [6.45, 7) is 4.31. The van der Waals surface area contributed by atoms with Crippen LogP contribution in [0, 0.1) is 12.7 Å². The predicted octanol–water partition coefficient (Wildman–Crippen LogP) is 4.57. The first-order chi connectivity index (χ1) is 15.8. The van der Waals surface area contributed by atoms with Crippen molar-refractivity contribution in [2.45, 2.75) is 51.6 Å². The van der Waals surface area contributed by atoms with Crippen LogP contribution in [0.4, 0.5) is 23.2 Å². The minimum atomic E-state index is -4.74. The molecule has 4 rings (SSSR count). The Balaban J connectivity index is 1.77. The van der Waals surface area contributed by atoms with Gasteiger partial charge in [0.1, 0.15) is 33.8 Å². The number of hydrogen-bond acceptors (Lipinski definition) is 5. The van der Waals surface area contributed by atoms with E-state index in [1.165, 1.54) is 13.1 Å². The zero-order valence-electron chi connectivity index (χ0n) is 18.2. The van der Waals surface area contributed by atoms with Crippen molar-refractivity contribution in [3.63, 3.8) is 0 Å². The Bertz CT molecular complexity index is 1250. The highest BCUT2D eigenvalue weighted by Crippen LogP contribution is 2.37. The van der Waals surface area contributed by atoms with Crippen molar-refractivity contribution < 1.29 is 32.2 Å². The molecule has 8 nitrogen and oxygen atoms in total. The van der Waals surface area contributed by atoms with Crippen LogP contribution in [0.3, 0.4) is 0 Å². The number of fused-ring (bicyclic) bond motifs is 1. The third-order valence-corrected chi connectivity index (χ3v) is 5.87. The first-order valence-corrected chi connectivity index (χ1v) is 10.5. The first-order valence-electron chi connectivity index (χ1n) is 10.2. The number of alkyl halides is 3. The van der Waals surface area contributed by atoms with Crippen LogP contribution in [0.2, 0.25) is 5.15 Å². The number of benzene rings is 1. The van der Waals surface area contributed by atoms with Crippen LogP contribution in [0.15, 0.2) is 18.3 Å². The van der Waals surface area contributed by atoms with Gasteiger partial charge in [0.2, 0.25) is 0 Å². The van der Waals surface area contributed by atoms with E-state index in [-0.39, 0.29) is 22.1 Å². The van der Waals surface area contributed by atoms with Crippen molar-refractivity contribution in [1.82, 2.24) is 19.7 Å². The van der Waals surface area contributed by atoms with Gasteiger partial charge < -0.3 is 19.7 Å². The van der Waals surface area contributed by atoms with Gasteiger partial charge in [-0.1, -0.05) is 11.6 Å². The quantitative estimate of drug-likeness (QED) is 0.444. The molecule has 0 saturated carbocycles. The van der Waals surface area contributed by atoms with Crippen molar-refractivity contribution in [2.24, 2.45) is 0 Å².